The van der Waals surface area contributed by atoms with Crippen LogP contribution in [-0.2, 0) is 0 Å². The number of nitrogens with one attached hydrogen (secondary N) is 1. The molecule has 0 spiro atoms. The zero-order valence-corrected chi connectivity index (χ0v) is 12.5. The number of piperidine rings is 1. The number of aliphatic hydroxyl groups excluding tert-OH is 1. The lowest BCUT2D eigenvalue weighted by atomic mass is 10.1. The van der Waals surface area contributed by atoms with Gasteiger partial charge in [-0.25, -0.2) is 8.78 Å². The van der Waals surface area contributed by atoms with Crippen molar-refractivity contribution in [2.45, 2.75) is 38.3 Å². The van der Waals surface area contributed by atoms with Gasteiger partial charge in [0.1, 0.15) is 11.6 Å². The van der Waals surface area contributed by atoms with Gasteiger partial charge in [-0.2, -0.15) is 0 Å². The minimum Gasteiger partial charge on any atom is -0.387 e. The van der Waals surface area contributed by atoms with E-state index < -0.39 is 17.7 Å². The second-order valence-corrected chi connectivity index (χ2v) is 5.82. The number of aliphatic hydroxyl groups is 1. The van der Waals surface area contributed by atoms with Crippen LogP contribution in [0.4, 0.5) is 8.78 Å². The van der Waals surface area contributed by atoms with Crippen LogP contribution in [-0.4, -0.2) is 42.2 Å². The minimum atomic E-state index is -1.17. The van der Waals surface area contributed by atoms with Gasteiger partial charge in [0.25, 0.3) is 0 Å². The van der Waals surface area contributed by atoms with Crippen LogP contribution in [0.3, 0.4) is 0 Å². The highest BCUT2D eigenvalue weighted by atomic mass is 19.1. The summed E-state index contributed by atoms with van der Waals surface area (Å²) in [5, 5.41) is 13.1. The Balaban J connectivity index is 1.81. The molecule has 1 aliphatic rings. The van der Waals surface area contributed by atoms with E-state index in [0.717, 1.165) is 19.6 Å². The van der Waals surface area contributed by atoms with Crippen molar-refractivity contribution >= 4 is 0 Å². The van der Waals surface area contributed by atoms with E-state index in [1.807, 2.05) is 6.92 Å². The smallest absolute Gasteiger partial charge is 0.131 e. The molecule has 0 amide bonds. The van der Waals surface area contributed by atoms with Crippen LogP contribution in [0, 0.1) is 11.6 Å². The molecule has 0 saturated carbocycles. The maximum absolute atomic E-state index is 13.6. The molecular formula is C16H24F2N2O. The summed E-state index contributed by atoms with van der Waals surface area (Å²) in [6.45, 7) is 5.28. The lowest BCUT2D eigenvalue weighted by molar-refractivity contribution is 0.152. The molecule has 5 heteroatoms. The maximum atomic E-state index is 13.6. The van der Waals surface area contributed by atoms with E-state index in [4.69, 9.17) is 0 Å². The van der Waals surface area contributed by atoms with Gasteiger partial charge in [0.05, 0.1) is 11.7 Å². The fraction of sp³-hybridized carbons (Fsp3) is 0.625. The average Bonchev–Trinajstić information content (AvgIpc) is 2.46. The number of rotatable bonds is 6. The third-order valence-electron chi connectivity index (χ3n) is 3.97. The molecule has 1 fully saturated rings. The number of halogens is 2. The van der Waals surface area contributed by atoms with Crippen molar-refractivity contribution in [3.63, 3.8) is 0 Å². The summed E-state index contributed by atoms with van der Waals surface area (Å²) < 4.78 is 27.1. The highest BCUT2D eigenvalue weighted by Crippen LogP contribution is 2.20. The van der Waals surface area contributed by atoms with Crippen LogP contribution in [0.5, 0.6) is 0 Å². The van der Waals surface area contributed by atoms with Gasteiger partial charge in [0.2, 0.25) is 0 Å². The first kappa shape index (κ1) is 16.3. The van der Waals surface area contributed by atoms with E-state index >= 15 is 0 Å². The van der Waals surface area contributed by atoms with Gasteiger partial charge in [0.15, 0.2) is 0 Å². The van der Waals surface area contributed by atoms with Crippen molar-refractivity contribution in [1.29, 1.82) is 0 Å². The Morgan fingerprint density at radius 1 is 1.19 bits per heavy atom. The van der Waals surface area contributed by atoms with Crippen molar-refractivity contribution in [2.75, 3.05) is 26.2 Å². The maximum Gasteiger partial charge on any atom is 0.131 e. The van der Waals surface area contributed by atoms with Crippen molar-refractivity contribution in [3.05, 3.63) is 35.4 Å². The Bertz CT molecular complexity index is 430. The minimum absolute atomic E-state index is 0.146. The molecule has 0 radical (unpaired) electrons. The zero-order valence-electron chi connectivity index (χ0n) is 12.5. The second kappa shape index (κ2) is 7.82. The Labute approximate surface area is 125 Å². The predicted octanol–water partition coefficient (Wildman–Crippen LogP) is 2.46. The van der Waals surface area contributed by atoms with Gasteiger partial charge in [-0.1, -0.05) is 12.5 Å². The van der Waals surface area contributed by atoms with E-state index in [9.17, 15) is 13.9 Å². The molecule has 0 aromatic heterocycles. The van der Waals surface area contributed by atoms with Crippen LogP contribution in [0.25, 0.3) is 0 Å². The third-order valence-corrected chi connectivity index (χ3v) is 3.97. The number of nitrogens with zero attached hydrogens (tertiary/aromatic N) is 1. The molecule has 118 valence electrons. The van der Waals surface area contributed by atoms with E-state index in [1.165, 1.54) is 37.5 Å². The molecule has 2 rings (SSSR count). The molecule has 1 saturated heterocycles. The lowest BCUT2D eigenvalue weighted by Crippen LogP contribution is -2.42. The molecule has 0 aliphatic carbocycles. The van der Waals surface area contributed by atoms with Crippen molar-refractivity contribution in [3.8, 4) is 0 Å². The highest BCUT2D eigenvalue weighted by Gasteiger charge is 2.19. The Hall–Kier alpha value is -1.04. The van der Waals surface area contributed by atoms with Gasteiger partial charge in [-0.15, -0.1) is 0 Å². The molecule has 1 aromatic rings. The van der Waals surface area contributed by atoms with Crippen molar-refractivity contribution < 1.29 is 13.9 Å². The summed E-state index contributed by atoms with van der Waals surface area (Å²) >= 11 is 0. The molecule has 2 N–H and O–H groups in total. The number of benzene rings is 1. The summed E-state index contributed by atoms with van der Waals surface area (Å²) in [6, 6.07) is 3.80. The molecule has 2 atom stereocenters. The first-order valence-electron chi connectivity index (χ1n) is 7.65. The Morgan fingerprint density at radius 2 is 1.81 bits per heavy atom. The monoisotopic (exact) mass is 298 g/mol. The molecule has 1 heterocycles. The summed E-state index contributed by atoms with van der Waals surface area (Å²) in [5.74, 6) is -1.40. The van der Waals surface area contributed by atoms with E-state index in [0.29, 0.717) is 0 Å². The highest BCUT2D eigenvalue weighted by molar-refractivity contribution is 5.22. The molecule has 3 nitrogen and oxygen atoms in total. The first-order valence-corrected chi connectivity index (χ1v) is 7.65. The third kappa shape index (κ3) is 4.73. The van der Waals surface area contributed by atoms with Gasteiger partial charge >= 0.3 is 0 Å². The molecular weight excluding hydrogens is 274 g/mol. The number of hydrogen-bond acceptors (Lipinski definition) is 3. The van der Waals surface area contributed by atoms with Crippen LogP contribution in [0.15, 0.2) is 18.2 Å². The molecule has 1 aromatic carbocycles. The Kier molecular flexibility index (Phi) is 6.08. The van der Waals surface area contributed by atoms with E-state index in [1.54, 1.807) is 0 Å². The normalized spacial score (nSPS) is 19.4. The molecule has 2 unspecified atom stereocenters. The van der Waals surface area contributed by atoms with Crippen molar-refractivity contribution in [1.82, 2.24) is 10.2 Å². The van der Waals surface area contributed by atoms with Gasteiger partial charge in [0, 0.05) is 19.1 Å². The fourth-order valence-electron chi connectivity index (χ4n) is 2.84. The first-order chi connectivity index (χ1) is 10.1. The fourth-order valence-corrected chi connectivity index (χ4v) is 2.84. The van der Waals surface area contributed by atoms with Crippen LogP contribution in [0.2, 0.25) is 0 Å². The average molecular weight is 298 g/mol. The molecule has 1 aliphatic heterocycles. The van der Waals surface area contributed by atoms with Crippen LogP contribution >= 0.6 is 0 Å². The van der Waals surface area contributed by atoms with E-state index in [2.05, 4.69) is 10.2 Å². The van der Waals surface area contributed by atoms with Crippen molar-refractivity contribution in [2.24, 2.45) is 0 Å². The topological polar surface area (TPSA) is 35.5 Å². The molecule has 0 bridgehead atoms. The Morgan fingerprint density at radius 3 is 2.43 bits per heavy atom. The summed E-state index contributed by atoms with van der Waals surface area (Å²) in [4.78, 5) is 2.39. The van der Waals surface area contributed by atoms with Crippen LogP contribution < -0.4 is 5.32 Å². The molecule has 21 heavy (non-hydrogen) atoms. The second-order valence-electron chi connectivity index (χ2n) is 5.82. The van der Waals surface area contributed by atoms with E-state index in [-0.39, 0.29) is 18.2 Å². The lowest BCUT2D eigenvalue weighted by Gasteiger charge is -2.29. The SMILES string of the molecule is CC(CN1CCCCC1)NCC(O)c1c(F)cccc1F. The number of hydrogen-bond donors (Lipinski definition) is 2. The zero-order chi connectivity index (χ0) is 15.2. The summed E-state index contributed by atoms with van der Waals surface area (Å²) in [5.41, 5.74) is -0.254. The summed E-state index contributed by atoms with van der Waals surface area (Å²) in [6.07, 6.45) is 2.59. The standard InChI is InChI=1S/C16H24F2N2O/c1-12(11-20-8-3-2-4-9-20)19-10-15(21)16-13(17)6-5-7-14(16)18/h5-7,12,15,19,21H,2-4,8-11H2,1H3. The quantitative estimate of drug-likeness (QED) is 0.847. The van der Waals surface area contributed by atoms with Crippen LogP contribution in [0.1, 0.15) is 37.9 Å². The number of likely N-dealkylation sites (tertiary alicyclic amines) is 1. The summed E-state index contributed by atoms with van der Waals surface area (Å²) in [7, 11) is 0. The predicted molar refractivity (Wildman–Crippen MR) is 79.1 cm³/mol. The van der Waals surface area contributed by atoms with Gasteiger partial charge in [-0.3, -0.25) is 0 Å². The van der Waals surface area contributed by atoms with Gasteiger partial charge < -0.3 is 15.3 Å². The van der Waals surface area contributed by atoms with Gasteiger partial charge in [-0.05, 0) is 45.0 Å². The largest absolute Gasteiger partial charge is 0.387 e.